The smallest absolute Gasteiger partial charge is 0.260 e. The van der Waals surface area contributed by atoms with E-state index in [1.807, 2.05) is 18.2 Å². The van der Waals surface area contributed by atoms with Crippen molar-refractivity contribution in [2.45, 2.75) is 39.2 Å². The fourth-order valence-electron chi connectivity index (χ4n) is 3.83. The molecular formula is C25H27FN2O4. The molecule has 4 rings (SSSR count). The Labute approximate surface area is 186 Å². The van der Waals surface area contributed by atoms with Crippen molar-refractivity contribution in [3.63, 3.8) is 0 Å². The molecule has 3 aromatic rings. The number of nitrogens with zero attached hydrogens (tertiary/aromatic N) is 2. The first kappa shape index (κ1) is 21.9. The van der Waals surface area contributed by atoms with Gasteiger partial charge in [0.05, 0.1) is 19.3 Å². The summed E-state index contributed by atoms with van der Waals surface area (Å²) in [5, 5.41) is 4.15. The first-order valence-electron chi connectivity index (χ1n) is 10.6. The number of rotatable bonds is 5. The van der Waals surface area contributed by atoms with Crippen LogP contribution in [0.2, 0.25) is 0 Å². The third-order valence-corrected chi connectivity index (χ3v) is 5.64. The summed E-state index contributed by atoms with van der Waals surface area (Å²) >= 11 is 0. The number of ether oxygens (including phenoxy) is 2. The lowest BCUT2D eigenvalue weighted by atomic mass is 9.86. The van der Waals surface area contributed by atoms with E-state index in [0.29, 0.717) is 31.0 Å². The van der Waals surface area contributed by atoms with Crippen LogP contribution >= 0.6 is 0 Å². The predicted octanol–water partition coefficient (Wildman–Crippen LogP) is 4.75. The van der Waals surface area contributed by atoms with Crippen LogP contribution in [0.4, 0.5) is 4.39 Å². The average Bonchev–Trinajstić information content (AvgIpc) is 3.20. The number of methoxy groups -OCH3 is 1. The summed E-state index contributed by atoms with van der Waals surface area (Å²) in [5.74, 6) is 1.56. The largest absolute Gasteiger partial charge is 0.497 e. The van der Waals surface area contributed by atoms with Crippen LogP contribution in [0.5, 0.6) is 11.5 Å². The molecule has 0 saturated carbocycles. The molecule has 6 nitrogen and oxygen atoms in total. The normalized spacial score (nSPS) is 13.6. The van der Waals surface area contributed by atoms with Crippen molar-refractivity contribution in [2.75, 3.05) is 20.3 Å². The first-order chi connectivity index (χ1) is 15.3. The summed E-state index contributed by atoms with van der Waals surface area (Å²) < 4.78 is 30.1. The molecule has 0 spiro atoms. The fraction of sp³-hybridized carbons (Fsp3) is 0.360. The molecule has 0 atom stereocenters. The number of amides is 1. The average molecular weight is 438 g/mol. The van der Waals surface area contributed by atoms with Gasteiger partial charge in [0.15, 0.2) is 12.4 Å². The van der Waals surface area contributed by atoms with Crippen LogP contribution in [0.15, 0.2) is 47.0 Å². The van der Waals surface area contributed by atoms with Crippen LogP contribution in [0, 0.1) is 5.82 Å². The van der Waals surface area contributed by atoms with E-state index in [2.05, 4.69) is 25.9 Å². The van der Waals surface area contributed by atoms with E-state index in [4.69, 9.17) is 14.0 Å². The molecule has 0 aliphatic carbocycles. The second-order valence-electron chi connectivity index (χ2n) is 8.91. The maximum Gasteiger partial charge on any atom is 0.260 e. The summed E-state index contributed by atoms with van der Waals surface area (Å²) in [6.45, 7) is 7.12. The third-order valence-electron chi connectivity index (χ3n) is 5.64. The van der Waals surface area contributed by atoms with Gasteiger partial charge in [0.2, 0.25) is 0 Å². The number of hydrogen-bond acceptors (Lipinski definition) is 5. The molecule has 1 aromatic heterocycles. The second kappa shape index (κ2) is 8.65. The molecule has 0 bridgehead atoms. The van der Waals surface area contributed by atoms with E-state index in [9.17, 15) is 9.18 Å². The molecule has 0 saturated heterocycles. The Balaban J connectivity index is 1.48. The molecule has 7 heteroatoms. The van der Waals surface area contributed by atoms with Gasteiger partial charge in [-0.1, -0.05) is 25.9 Å². The third kappa shape index (κ3) is 4.47. The van der Waals surface area contributed by atoms with Gasteiger partial charge in [-0.25, -0.2) is 4.39 Å². The Kier molecular flexibility index (Phi) is 5.91. The zero-order valence-electron chi connectivity index (χ0n) is 18.8. The molecule has 0 fully saturated rings. The number of carbonyl (C=O) groups excluding carboxylic acids is 1. The Morgan fingerprint density at radius 3 is 2.62 bits per heavy atom. The van der Waals surface area contributed by atoms with Crippen molar-refractivity contribution in [1.29, 1.82) is 0 Å². The summed E-state index contributed by atoms with van der Waals surface area (Å²) in [5.41, 5.74) is 3.23. The Bertz CT molecular complexity index is 1120. The molecule has 32 heavy (non-hydrogen) atoms. The van der Waals surface area contributed by atoms with Crippen molar-refractivity contribution in [3.05, 3.63) is 65.1 Å². The van der Waals surface area contributed by atoms with Crippen LogP contribution in [0.25, 0.3) is 11.3 Å². The van der Waals surface area contributed by atoms with E-state index in [0.717, 1.165) is 28.1 Å². The molecule has 1 aliphatic rings. The second-order valence-corrected chi connectivity index (χ2v) is 8.91. The van der Waals surface area contributed by atoms with E-state index in [1.54, 1.807) is 24.1 Å². The standard InChI is InChI=1S/C25H27FN2O4/c1-25(2,3)20-13-18(30-4)9-10-22(20)31-15-23(29)28-12-11-21-19(14-28)24(32-27-21)16-5-7-17(26)8-6-16/h5-10,13H,11-12,14-15H2,1-4H3. The van der Waals surface area contributed by atoms with Gasteiger partial charge in [0.1, 0.15) is 17.3 Å². The highest BCUT2D eigenvalue weighted by molar-refractivity contribution is 5.78. The molecule has 0 radical (unpaired) electrons. The molecule has 168 valence electrons. The number of hydrogen-bond donors (Lipinski definition) is 0. The lowest BCUT2D eigenvalue weighted by Crippen LogP contribution is -2.39. The summed E-state index contributed by atoms with van der Waals surface area (Å²) in [4.78, 5) is 14.7. The van der Waals surface area contributed by atoms with Crippen molar-refractivity contribution < 1.29 is 23.2 Å². The molecule has 2 aromatic carbocycles. The van der Waals surface area contributed by atoms with Crippen LogP contribution < -0.4 is 9.47 Å². The molecular weight excluding hydrogens is 411 g/mol. The quantitative estimate of drug-likeness (QED) is 0.575. The lowest BCUT2D eigenvalue weighted by molar-refractivity contribution is -0.134. The molecule has 1 amide bonds. The van der Waals surface area contributed by atoms with Crippen LogP contribution in [-0.4, -0.2) is 36.2 Å². The minimum Gasteiger partial charge on any atom is -0.497 e. The minimum absolute atomic E-state index is 0.0676. The summed E-state index contributed by atoms with van der Waals surface area (Å²) in [6.07, 6.45) is 0.599. The molecule has 0 unspecified atom stereocenters. The summed E-state index contributed by atoms with van der Waals surface area (Å²) in [6, 6.07) is 11.7. The number of benzene rings is 2. The zero-order valence-corrected chi connectivity index (χ0v) is 18.8. The minimum atomic E-state index is -0.316. The van der Waals surface area contributed by atoms with Gasteiger partial charge >= 0.3 is 0 Å². The first-order valence-corrected chi connectivity index (χ1v) is 10.6. The van der Waals surface area contributed by atoms with Gasteiger partial charge in [0, 0.05) is 29.7 Å². The molecule has 2 heterocycles. The van der Waals surface area contributed by atoms with Gasteiger partial charge < -0.3 is 18.9 Å². The van der Waals surface area contributed by atoms with Gasteiger partial charge in [-0.15, -0.1) is 0 Å². The van der Waals surface area contributed by atoms with E-state index < -0.39 is 0 Å². The Morgan fingerprint density at radius 2 is 1.94 bits per heavy atom. The fourth-order valence-corrected chi connectivity index (χ4v) is 3.83. The Morgan fingerprint density at radius 1 is 1.19 bits per heavy atom. The number of carbonyl (C=O) groups is 1. The van der Waals surface area contributed by atoms with Gasteiger partial charge in [0.25, 0.3) is 5.91 Å². The van der Waals surface area contributed by atoms with Gasteiger partial charge in [-0.3, -0.25) is 4.79 Å². The highest BCUT2D eigenvalue weighted by Gasteiger charge is 2.28. The highest BCUT2D eigenvalue weighted by atomic mass is 19.1. The maximum atomic E-state index is 13.3. The van der Waals surface area contributed by atoms with Gasteiger partial charge in [-0.2, -0.15) is 0 Å². The van der Waals surface area contributed by atoms with Crippen LogP contribution in [0.1, 0.15) is 37.6 Å². The van der Waals surface area contributed by atoms with E-state index >= 15 is 0 Å². The summed E-state index contributed by atoms with van der Waals surface area (Å²) in [7, 11) is 1.63. The van der Waals surface area contributed by atoms with Crippen molar-refractivity contribution in [2.24, 2.45) is 0 Å². The van der Waals surface area contributed by atoms with E-state index in [-0.39, 0.29) is 23.7 Å². The molecule has 1 aliphatic heterocycles. The van der Waals surface area contributed by atoms with Crippen molar-refractivity contribution >= 4 is 5.91 Å². The predicted molar refractivity (Wildman–Crippen MR) is 118 cm³/mol. The van der Waals surface area contributed by atoms with Gasteiger partial charge in [-0.05, 0) is 47.9 Å². The molecule has 0 N–H and O–H groups in total. The monoisotopic (exact) mass is 438 g/mol. The van der Waals surface area contributed by atoms with Crippen LogP contribution in [-0.2, 0) is 23.2 Å². The lowest BCUT2D eigenvalue weighted by Gasteiger charge is -2.27. The van der Waals surface area contributed by atoms with Crippen LogP contribution in [0.3, 0.4) is 0 Å². The maximum absolute atomic E-state index is 13.3. The zero-order chi connectivity index (χ0) is 22.9. The van der Waals surface area contributed by atoms with Crippen molar-refractivity contribution in [3.8, 4) is 22.8 Å². The highest BCUT2D eigenvalue weighted by Crippen LogP contribution is 2.35. The SMILES string of the molecule is COc1ccc(OCC(=O)N2CCc3noc(-c4ccc(F)cc4)c3C2)c(C(C)(C)C)c1. The number of halogens is 1. The van der Waals surface area contributed by atoms with E-state index in [1.165, 1.54) is 12.1 Å². The number of aromatic nitrogens is 1. The van der Waals surface area contributed by atoms with Crippen molar-refractivity contribution in [1.82, 2.24) is 10.1 Å². The topological polar surface area (TPSA) is 64.8 Å². The Hall–Kier alpha value is -3.35. The number of fused-ring (bicyclic) bond motifs is 1.